The van der Waals surface area contributed by atoms with Crippen molar-refractivity contribution in [3.8, 4) is 11.1 Å². The molecule has 2 aromatic rings. The fourth-order valence-corrected chi connectivity index (χ4v) is 2.71. The van der Waals surface area contributed by atoms with E-state index in [1.54, 1.807) is 0 Å². The van der Waals surface area contributed by atoms with E-state index in [2.05, 4.69) is 42.5 Å². The van der Waals surface area contributed by atoms with Crippen molar-refractivity contribution in [2.24, 2.45) is 0 Å². The van der Waals surface area contributed by atoms with Crippen molar-refractivity contribution in [2.45, 2.75) is 0 Å². The maximum absolute atomic E-state index is 11.8. The van der Waals surface area contributed by atoms with Gasteiger partial charge in [-0.2, -0.15) is 0 Å². The molecular weight excluding hydrogens is 360 g/mol. The first-order valence-electron chi connectivity index (χ1n) is 5.31. The number of halogens is 2. The quantitative estimate of drug-likeness (QED) is 0.687. The molecule has 2 N–H and O–H groups in total. The lowest BCUT2D eigenvalue weighted by molar-refractivity contribution is 0.262. The summed E-state index contributed by atoms with van der Waals surface area (Å²) in [5.41, 5.74) is 3.59. The first-order chi connectivity index (χ1) is 8.63. The molecule has 0 saturated heterocycles. The van der Waals surface area contributed by atoms with Crippen LogP contribution in [0, 0.1) is 0 Å². The summed E-state index contributed by atoms with van der Waals surface area (Å²) in [6.45, 7) is 0. The Balaban J connectivity index is 2.28. The molecule has 1 aliphatic heterocycles. The third-order valence-corrected chi connectivity index (χ3v) is 3.74. The van der Waals surface area contributed by atoms with E-state index < -0.39 is 0 Å². The minimum absolute atomic E-state index is 0.230. The molecule has 0 atom stereocenters. The van der Waals surface area contributed by atoms with Crippen LogP contribution in [0.3, 0.4) is 0 Å². The Labute approximate surface area is 121 Å². The van der Waals surface area contributed by atoms with Crippen molar-refractivity contribution < 1.29 is 4.79 Å². The van der Waals surface area contributed by atoms with Gasteiger partial charge in [-0.05, 0) is 24.3 Å². The van der Waals surface area contributed by atoms with Crippen LogP contribution in [0.15, 0.2) is 45.3 Å². The molecule has 3 nitrogen and oxygen atoms in total. The Morgan fingerprint density at radius 3 is 1.67 bits per heavy atom. The number of hydrogen-bond acceptors (Lipinski definition) is 1. The molecule has 90 valence electrons. The van der Waals surface area contributed by atoms with Crippen LogP contribution in [0.5, 0.6) is 0 Å². The maximum Gasteiger partial charge on any atom is 0.323 e. The fourth-order valence-electron chi connectivity index (χ4n) is 1.99. The monoisotopic (exact) mass is 366 g/mol. The summed E-state index contributed by atoms with van der Waals surface area (Å²) in [7, 11) is 0. The van der Waals surface area contributed by atoms with E-state index in [-0.39, 0.29) is 6.03 Å². The number of anilines is 2. The molecule has 0 unspecified atom stereocenters. The van der Waals surface area contributed by atoms with Crippen LogP contribution in [0.2, 0.25) is 0 Å². The average molecular weight is 368 g/mol. The van der Waals surface area contributed by atoms with Gasteiger partial charge in [0.15, 0.2) is 0 Å². The van der Waals surface area contributed by atoms with Crippen LogP contribution in [0.1, 0.15) is 0 Å². The Morgan fingerprint density at radius 2 is 1.22 bits per heavy atom. The predicted octanol–water partition coefficient (Wildman–Crippen LogP) is 4.84. The number of carbonyl (C=O) groups excluding carboxylic acids is 1. The third kappa shape index (κ3) is 2.04. The topological polar surface area (TPSA) is 41.1 Å². The number of urea groups is 1. The highest BCUT2D eigenvalue weighted by Crippen LogP contribution is 2.38. The first-order valence-corrected chi connectivity index (χ1v) is 6.89. The van der Waals surface area contributed by atoms with Crippen LogP contribution < -0.4 is 10.6 Å². The molecule has 3 rings (SSSR count). The summed E-state index contributed by atoms with van der Waals surface area (Å²) in [5, 5.41) is 5.67. The lowest BCUT2D eigenvalue weighted by Gasteiger charge is -2.08. The number of carbonyl (C=O) groups is 1. The second kappa shape index (κ2) is 4.40. The lowest BCUT2D eigenvalue weighted by Crippen LogP contribution is -2.17. The second-order valence-electron chi connectivity index (χ2n) is 3.96. The van der Waals surface area contributed by atoms with Gasteiger partial charge in [-0.15, -0.1) is 0 Å². The molecule has 2 amide bonds. The Bertz CT molecular complexity index is 600. The molecule has 0 radical (unpaired) electrons. The van der Waals surface area contributed by atoms with Crippen LogP contribution >= 0.6 is 31.9 Å². The molecule has 0 saturated carbocycles. The molecule has 0 bridgehead atoms. The highest BCUT2D eigenvalue weighted by atomic mass is 79.9. The molecule has 18 heavy (non-hydrogen) atoms. The number of benzene rings is 2. The van der Waals surface area contributed by atoms with Crippen molar-refractivity contribution in [3.63, 3.8) is 0 Å². The maximum atomic E-state index is 11.8. The minimum atomic E-state index is -0.230. The van der Waals surface area contributed by atoms with E-state index in [9.17, 15) is 4.79 Å². The zero-order chi connectivity index (χ0) is 12.7. The highest BCUT2D eigenvalue weighted by Gasteiger charge is 2.18. The summed E-state index contributed by atoms with van der Waals surface area (Å²) >= 11 is 6.82. The SMILES string of the molecule is O=C1Nc2cc(Br)ccc2-c2ccc(Br)cc2N1. The number of fused-ring (bicyclic) bond motifs is 3. The molecule has 0 aromatic heterocycles. The lowest BCUT2D eigenvalue weighted by atomic mass is 10.0. The van der Waals surface area contributed by atoms with Gasteiger partial charge in [-0.1, -0.05) is 44.0 Å². The van der Waals surface area contributed by atoms with Crippen LogP contribution in [-0.2, 0) is 0 Å². The third-order valence-electron chi connectivity index (χ3n) is 2.75. The van der Waals surface area contributed by atoms with Gasteiger partial charge < -0.3 is 10.6 Å². The van der Waals surface area contributed by atoms with Gasteiger partial charge >= 0.3 is 6.03 Å². The molecule has 0 aliphatic carbocycles. The van der Waals surface area contributed by atoms with Gasteiger partial charge in [0.05, 0.1) is 11.4 Å². The first kappa shape index (κ1) is 11.7. The van der Waals surface area contributed by atoms with E-state index >= 15 is 0 Å². The predicted molar refractivity (Wildman–Crippen MR) is 79.9 cm³/mol. The number of amides is 2. The van der Waals surface area contributed by atoms with Crippen molar-refractivity contribution in [1.82, 2.24) is 0 Å². The van der Waals surface area contributed by atoms with Crippen LogP contribution in [-0.4, -0.2) is 6.03 Å². The highest BCUT2D eigenvalue weighted by molar-refractivity contribution is 9.10. The van der Waals surface area contributed by atoms with Gasteiger partial charge in [0, 0.05) is 20.1 Å². The second-order valence-corrected chi connectivity index (χ2v) is 5.79. The van der Waals surface area contributed by atoms with Crippen molar-refractivity contribution in [1.29, 1.82) is 0 Å². The molecule has 0 fully saturated rings. The van der Waals surface area contributed by atoms with Crippen LogP contribution in [0.4, 0.5) is 16.2 Å². The van der Waals surface area contributed by atoms with Crippen molar-refractivity contribution >= 4 is 49.3 Å². The normalized spacial score (nSPS) is 12.9. The summed E-state index contributed by atoms with van der Waals surface area (Å²) in [6.07, 6.45) is 0. The summed E-state index contributed by atoms with van der Waals surface area (Å²) in [6, 6.07) is 11.5. The molecule has 1 heterocycles. The zero-order valence-corrected chi connectivity index (χ0v) is 12.3. The van der Waals surface area contributed by atoms with E-state index in [0.29, 0.717) is 0 Å². The number of nitrogens with one attached hydrogen (secondary N) is 2. The van der Waals surface area contributed by atoms with Gasteiger partial charge in [-0.25, -0.2) is 4.79 Å². The van der Waals surface area contributed by atoms with Crippen molar-refractivity contribution in [3.05, 3.63) is 45.3 Å². The minimum Gasteiger partial charge on any atom is -0.307 e. The molecule has 1 aliphatic rings. The largest absolute Gasteiger partial charge is 0.323 e. The summed E-state index contributed by atoms with van der Waals surface area (Å²) in [4.78, 5) is 11.8. The zero-order valence-electron chi connectivity index (χ0n) is 9.13. The van der Waals surface area contributed by atoms with Crippen LogP contribution in [0.25, 0.3) is 11.1 Å². The summed E-state index contributed by atoms with van der Waals surface area (Å²) < 4.78 is 1.87. The Hall–Kier alpha value is -1.33. The van der Waals surface area contributed by atoms with E-state index in [4.69, 9.17) is 0 Å². The van der Waals surface area contributed by atoms with Gasteiger partial charge in [0.2, 0.25) is 0 Å². The Morgan fingerprint density at radius 1 is 0.778 bits per heavy atom. The van der Waals surface area contributed by atoms with Gasteiger partial charge in [-0.3, -0.25) is 0 Å². The number of hydrogen-bond donors (Lipinski definition) is 2. The summed E-state index contributed by atoms with van der Waals surface area (Å²) in [5.74, 6) is 0. The molecular formula is C13H8Br2N2O. The molecule has 5 heteroatoms. The fraction of sp³-hybridized carbons (Fsp3) is 0. The van der Waals surface area contributed by atoms with E-state index in [1.807, 2.05) is 36.4 Å². The van der Waals surface area contributed by atoms with Crippen molar-refractivity contribution in [2.75, 3.05) is 10.6 Å². The van der Waals surface area contributed by atoms with E-state index in [1.165, 1.54) is 0 Å². The van der Waals surface area contributed by atoms with E-state index in [0.717, 1.165) is 31.4 Å². The average Bonchev–Trinajstić information content (AvgIpc) is 2.42. The number of rotatable bonds is 0. The molecule has 2 aromatic carbocycles. The molecule has 0 spiro atoms. The van der Waals surface area contributed by atoms with Gasteiger partial charge in [0.1, 0.15) is 0 Å². The Kier molecular flexibility index (Phi) is 2.87. The smallest absolute Gasteiger partial charge is 0.307 e. The standard InChI is InChI=1S/C13H8Br2N2O/c14-7-1-3-9-10-4-2-8(15)6-12(10)17-13(18)16-11(9)5-7/h1-6H,(H2,16,17,18). The van der Waals surface area contributed by atoms with Gasteiger partial charge in [0.25, 0.3) is 0 Å².